The summed E-state index contributed by atoms with van der Waals surface area (Å²) in [7, 11) is 0. The van der Waals surface area contributed by atoms with E-state index in [1.54, 1.807) is 0 Å². The van der Waals surface area contributed by atoms with Crippen molar-refractivity contribution in [1.82, 2.24) is 20.5 Å². The van der Waals surface area contributed by atoms with Gasteiger partial charge in [0, 0.05) is 6.20 Å². The van der Waals surface area contributed by atoms with Crippen molar-refractivity contribution in [3.63, 3.8) is 0 Å². The molecule has 2 aromatic rings. The molecule has 0 spiro atoms. The molecule has 1 aliphatic carbocycles. The van der Waals surface area contributed by atoms with E-state index in [2.05, 4.69) is 20.8 Å². The molecule has 0 saturated heterocycles. The summed E-state index contributed by atoms with van der Waals surface area (Å²) in [5.74, 6) is -0.464. The zero-order chi connectivity index (χ0) is 24.8. The van der Waals surface area contributed by atoms with Gasteiger partial charge in [-0.3, -0.25) is 25.3 Å². The highest BCUT2D eigenvalue weighted by Gasteiger charge is 2.46. The van der Waals surface area contributed by atoms with Gasteiger partial charge in [0.05, 0.1) is 12.0 Å². The molecule has 3 rings (SSSR count). The van der Waals surface area contributed by atoms with Gasteiger partial charge in [0.1, 0.15) is 12.3 Å². The second-order valence-corrected chi connectivity index (χ2v) is 8.92. The van der Waals surface area contributed by atoms with Gasteiger partial charge in [-0.25, -0.2) is 15.0 Å². The van der Waals surface area contributed by atoms with Crippen molar-refractivity contribution < 1.29 is 27.6 Å². The van der Waals surface area contributed by atoms with Crippen LogP contribution < -0.4 is 10.9 Å². The van der Waals surface area contributed by atoms with Crippen LogP contribution in [-0.4, -0.2) is 33.9 Å². The third-order valence-electron chi connectivity index (χ3n) is 5.81. The van der Waals surface area contributed by atoms with Gasteiger partial charge in [-0.2, -0.15) is 13.2 Å². The van der Waals surface area contributed by atoms with Crippen LogP contribution in [0.2, 0.25) is 0 Å². The first kappa shape index (κ1) is 25.4. The quantitative estimate of drug-likeness (QED) is 0.417. The average molecular weight is 480 g/mol. The molecule has 184 valence electrons. The third-order valence-corrected chi connectivity index (χ3v) is 5.81. The topological polar surface area (TPSA) is 96.5 Å². The molecule has 34 heavy (non-hydrogen) atoms. The van der Waals surface area contributed by atoms with E-state index in [-0.39, 0.29) is 30.9 Å². The van der Waals surface area contributed by atoms with Crippen molar-refractivity contribution in [2.75, 3.05) is 12.0 Å². The number of carbonyl (C=O) groups excluding carboxylic acids is 2. The zero-order valence-electron chi connectivity index (χ0n) is 19.0. The van der Waals surface area contributed by atoms with E-state index in [1.807, 2.05) is 44.2 Å². The third kappa shape index (κ3) is 6.66. The van der Waals surface area contributed by atoms with Crippen LogP contribution in [-0.2, 0) is 27.2 Å². The van der Waals surface area contributed by atoms with Crippen LogP contribution >= 0.6 is 0 Å². The molecular weight excluding hydrogens is 451 g/mol. The fourth-order valence-corrected chi connectivity index (χ4v) is 4.62. The summed E-state index contributed by atoms with van der Waals surface area (Å²) >= 11 is 0. The van der Waals surface area contributed by atoms with E-state index in [9.17, 15) is 22.8 Å². The molecule has 1 saturated carbocycles. The second-order valence-electron chi connectivity index (χ2n) is 8.92. The maximum absolute atomic E-state index is 13.3. The van der Waals surface area contributed by atoms with E-state index in [4.69, 9.17) is 4.84 Å². The van der Waals surface area contributed by atoms with Gasteiger partial charge in [0.2, 0.25) is 18.3 Å². The molecule has 2 N–H and O–H groups in total. The Bertz CT molecular complexity index is 964. The monoisotopic (exact) mass is 479 g/mol. The number of hydroxylamine groups is 2. The van der Waals surface area contributed by atoms with Gasteiger partial charge in [-0.15, -0.1) is 0 Å². The van der Waals surface area contributed by atoms with Crippen LogP contribution in [0.15, 0.2) is 42.6 Å². The highest BCUT2D eigenvalue weighted by Crippen LogP contribution is 2.43. The first-order chi connectivity index (χ1) is 16.1. The molecule has 11 heteroatoms. The maximum atomic E-state index is 13.3. The lowest BCUT2D eigenvalue weighted by Crippen LogP contribution is -2.53. The number of rotatable bonds is 9. The molecule has 0 bridgehead atoms. The predicted molar refractivity (Wildman–Crippen MR) is 117 cm³/mol. The number of anilines is 1. The van der Waals surface area contributed by atoms with E-state index in [0.717, 1.165) is 29.3 Å². The van der Waals surface area contributed by atoms with E-state index < -0.39 is 23.2 Å². The van der Waals surface area contributed by atoms with Crippen molar-refractivity contribution in [2.45, 2.75) is 45.9 Å². The Morgan fingerprint density at radius 3 is 2.50 bits per heavy atom. The molecule has 1 aliphatic rings. The summed E-state index contributed by atoms with van der Waals surface area (Å²) in [5.41, 5.74) is 3.56. The van der Waals surface area contributed by atoms with Crippen LogP contribution in [0.4, 0.5) is 19.1 Å². The Labute approximate surface area is 195 Å². The van der Waals surface area contributed by atoms with Crippen LogP contribution in [0.1, 0.15) is 44.4 Å². The number of halogens is 3. The number of nitrogens with one attached hydrogen (secondary N) is 2. The van der Waals surface area contributed by atoms with Crippen LogP contribution in [0.25, 0.3) is 0 Å². The summed E-state index contributed by atoms with van der Waals surface area (Å²) in [5, 5.41) is 1.11. The van der Waals surface area contributed by atoms with Crippen LogP contribution in [0.3, 0.4) is 0 Å². The Kier molecular flexibility index (Phi) is 8.08. The van der Waals surface area contributed by atoms with E-state index in [1.165, 1.54) is 0 Å². The van der Waals surface area contributed by atoms with Crippen LogP contribution in [0.5, 0.6) is 0 Å². The Morgan fingerprint density at radius 1 is 1.21 bits per heavy atom. The number of hydrogen-bond acceptors (Lipinski definition) is 6. The van der Waals surface area contributed by atoms with E-state index in [0.29, 0.717) is 19.3 Å². The molecule has 0 radical (unpaired) electrons. The molecule has 3 atom stereocenters. The molecule has 8 nitrogen and oxygen atoms in total. The van der Waals surface area contributed by atoms with Crippen molar-refractivity contribution in [3.8, 4) is 0 Å². The summed E-state index contributed by atoms with van der Waals surface area (Å²) in [6, 6.07) is 10.0. The molecule has 1 fully saturated rings. The van der Waals surface area contributed by atoms with Gasteiger partial charge >= 0.3 is 6.18 Å². The molecule has 1 heterocycles. The lowest BCUT2D eigenvalue weighted by atomic mass is 9.65. The number of amides is 2. The van der Waals surface area contributed by atoms with Crippen molar-refractivity contribution in [1.29, 1.82) is 0 Å². The number of hydrogen-bond donors (Lipinski definition) is 2. The summed E-state index contributed by atoms with van der Waals surface area (Å²) in [4.78, 5) is 37.9. The van der Waals surface area contributed by atoms with E-state index >= 15 is 0 Å². The molecule has 1 unspecified atom stereocenters. The number of alkyl halides is 3. The first-order valence-electron chi connectivity index (χ1n) is 11.0. The van der Waals surface area contributed by atoms with Gasteiger partial charge in [-0.05, 0) is 42.7 Å². The van der Waals surface area contributed by atoms with Gasteiger partial charge in [0.15, 0.2) is 0 Å². The Morgan fingerprint density at radius 2 is 1.88 bits per heavy atom. The lowest BCUT2D eigenvalue weighted by Gasteiger charge is -2.43. The fraction of sp³-hybridized carbons (Fsp3) is 0.478. The zero-order valence-corrected chi connectivity index (χ0v) is 19.0. The highest BCUT2D eigenvalue weighted by molar-refractivity contribution is 5.84. The number of benzene rings is 1. The predicted octanol–water partition coefficient (Wildman–Crippen LogP) is 3.97. The number of hydrazine groups is 1. The minimum atomic E-state index is -4.64. The van der Waals surface area contributed by atoms with Crippen molar-refractivity contribution in [3.05, 3.63) is 53.9 Å². The standard InChI is InChI=1S/C23H28F3N5O3/c1-16-10-17(2)12-22(11-16,14-31(15-32)34-13-18-6-4-3-5-7-18)20(33)29-30-21-27-9-8-19(28-21)23(24,25)26/h3-9,15-17H,10-14H2,1-2H3,(H,29,33)(H,27,28,30)/t16-,17+,22?. The fourth-order valence-electron chi connectivity index (χ4n) is 4.62. The maximum Gasteiger partial charge on any atom is 0.433 e. The highest BCUT2D eigenvalue weighted by atomic mass is 19.4. The largest absolute Gasteiger partial charge is 0.433 e. The summed E-state index contributed by atoms with van der Waals surface area (Å²) in [6.45, 7) is 4.20. The minimum Gasteiger partial charge on any atom is -0.276 e. The molecule has 0 aliphatic heterocycles. The molecular formula is C23H28F3N5O3. The number of carbonyl (C=O) groups is 2. The normalized spacial score (nSPS) is 22.6. The van der Waals surface area contributed by atoms with Gasteiger partial charge < -0.3 is 0 Å². The van der Waals surface area contributed by atoms with Crippen molar-refractivity contribution in [2.24, 2.45) is 17.3 Å². The number of nitrogens with zero attached hydrogens (tertiary/aromatic N) is 3. The lowest BCUT2D eigenvalue weighted by molar-refractivity contribution is -0.192. The second kappa shape index (κ2) is 10.8. The van der Waals surface area contributed by atoms with Crippen molar-refractivity contribution >= 4 is 18.3 Å². The molecule has 1 aromatic carbocycles. The van der Waals surface area contributed by atoms with Gasteiger partial charge in [0.25, 0.3) is 0 Å². The molecule has 1 aromatic heterocycles. The Balaban J connectivity index is 1.74. The average Bonchev–Trinajstić information content (AvgIpc) is 2.80. The molecule has 2 amide bonds. The SMILES string of the molecule is C[C@@H]1C[C@H](C)CC(CN(C=O)OCc2ccccc2)(C(=O)NNc2nccc(C(F)(F)F)n2)C1. The summed E-state index contributed by atoms with van der Waals surface area (Å²) in [6.07, 6.45) is -1.27. The first-order valence-corrected chi connectivity index (χ1v) is 11.0. The smallest absolute Gasteiger partial charge is 0.276 e. The summed E-state index contributed by atoms with van der Waals surface area (Å²) < 4.78 is 38.8. The van der Waals surface area contributed by atoms with Gasteiger partial charge in [-0.1, -0.05) is 44.2 Å². The Hall–Kier alpha value is -3.21. The minimum absolute atomic E-state index is 0.00499. The number of aromatic nitrogens is 2. The van der Waals surface area contributed by atoms with Crippen LogP contribution in [0, 0.1) is 17.3 Å².